The number of nitrogens with zero attached hydrogens (tertiary/aromatic N) is 1. The molecule has 0 fully saturated rings. The van der Waals surface area contributed by atoms with Crippen LogP contribution in [0.2, 0.25) is 0 Å². The summed E-state index contributed by atoms with van der Waals surface area (Å²) in [6.07, 6.45) is 3.55. The lowest BCUT2D eigenvalue weighted by molar-refractivity contribution is -0.118. The van der Waals surface area contributed by atoms with Gasteiger partial charge < -0.3 is 11.5 Å². The van der Waals surface area contributed by atoms with E-state index in [1.54, 1.807) is 12.4 Å². The summed E-state index contributed by atoms with van der Waals surface area (Å²) in [7, 11) is 0. The molecule has 0 aromatic carbocycles. The summed E-state index contributed by atoms with van der Waals surface area (Å²) in [5.74, 6) is -0.385. The van der Waals surface area contributed by atoms with Gasteiger partial charge in [0.2, 0.25) is 5.91 Å². The molecule has 1 aromatic heterocycles. The van der Waals surface area contributed by atoms with Crippen molar-refractivity contribution in [3.8, 4) is 0 Å². The summed E-state index contributed by atoms with van der Waals surface area (Å²) in [5, 5.41) is 0. The van der Waals surface area contributed by atoms with E-state index in [2.05, 4.69) is 4.98 Å². The third kappa shape index (κ3) is 2.52. The topological polar surface area (TPSA) is 82.0 Å². The maximum atomic E-state index is 10.6. The van der Waals surface area contributed by atoms with Crippen LogP contribution in [-0.2, 0) is 4.79 Å². The summed E-state index contributed by atoms with van der Waals surface area (Å²) in [5.41, 5.74) is 12.7. The molecule has 13 heavy (non-hydrogen) atoms. The molecule has 0 unspecified atom stereocenters. The Morgan fingerprint density at radius 2 is 2.38 bits per heavy atom. The van der Waals surface area contributed by atoms with Gasteiger partial charge in [0.25, 0.3) is 0 Å². The largest absolute Gasteiger partial charge is 0.370 e. The van der Waals surface area contributed by atoms with Crippen LogP contribution in [0.5, 0.6) is 0 Å². The van der Waals surface area contributed by atoms with Crippen LogP contribution in [0.25, 0.3) is 0 Å². The highest BCUT2D eigenvalue weighted by molar-refractivity contribution is 5.74. The zero-order chi connectivity index (χ0) is 9.84. The molecule has 0 radical (unpaired) electrons. The molecule has 0 aliphatic heterocycles. The third-order valence-corrected chi connectivity index (χ3v) is 1.88. The van der Waals surface area contributed by atoms with E-state index in [0.29, 0.717) is 0 Å². The van der Waals surface area contributed by atoms with Crippen LogP contribution in [-0.4, -0.2) is 10.9 Å². The van der Waals surface area contributed by atoms with Gasteiger partial charge in [-0.25, -0.2) is 0 Å². The number of hydrogen-bond donors (Lipinski definition) is 2. The minimum Gasteiger partial charge on any atom is -0.370 e. The van der Waals surface area contributed by atoms with Crippen LogP contribution < -0.4 is 11.5 Å². The van der Waals surface area contributed by atoms with Crippen molar-refractivity contribution in [2.45, 2.75) is 19.4 Å². The number of carbonyl (C=O) groups is 1. The van der Waals surface area contributed by atoms with Crippen molar-refractivity contribution >= 4 is 5.91 Å². The fraction of sp³-hybridized carbons (Fsp3) is 0.333. The molecule has 1 rings (SSSR count). The lowest BCUT2D eigenvalue weighted by atomic mass is 10.0. The zero-order valence-corrected chi connectivity index (χ0v) is 7.53. The minimum absolute atomic E-state index is 0.171. The van der Waals surface area contributed by atoms with Gasteiger partial charge in [0.1, 0.15) is 0 Å². The first-order valence-electron chi connectivity index (χ1n) is 4.05. The molecule has 1 atom stereocenters. The van der Waals surface area contributed by atoms with Gasteiger partial charge >= 0.3 is 0 Å². The second-order valence-electron chi connectivity index (χ2n) is 3.01. The molecule has 0 saturated carbocycles. The van der Waals surface area contributed by atoms with E-state index >= 15 is 0 Å². The maximum Gasteiger partial charge on any atom is 0.219 e. The summed E-state index contributed by atoms with van der Waals surface area (Å²) in [6, 6.07) is 1.49. The van der Waals surface area contributed by atoms with Crippen LogP contribution in [0.3, 0.4) is 0 Å². The van der Waals surface area contributed by atoms with Gasteiger partial charge in [-0.2, -0.15) is 0 Å². The van der Waals surface area contributed by atoms with Crippen molar-refractivity contribution < 1.29 is 4.79 Å². The van der Waals surface area contributed by atoms with Crippen molar-refractivity contribution in [2.75, 3.05) is 0 Å². The fourth-order valence-electron chi connectivity index (χ4n) is 1.23. The number of carbonyl (C=O) groups excluding carboxylic acids is 1. The average molecular weight is 179 g/mol. The smallest absolute Gasteiger partial charge is 0.219 e. The molecule has 1 heterocycles. The number of hydrogen-bond acceptors (Lipinski definition) is 3. The first-order chi connectivity index (χ1) is 6.11. The Balaban J connectivity index is 2.82. The molecule has 4 nitrogen and oxygen atoms in total. The highest BCUT2D eigenvalue weighted by Gasteiger charge is 2.10. The Morgan fingerprint density at radius 1 is 1.69 bits per heavy atom. The van der Waals surface area contributed by atoms with Crippen molar-refractivity contribution in [1.82, 2.24) is 4.98 Å². The summed E-state index contributed by atoms with van der Waals surface area (Å²) in [6.45, 7) is 1.91. The molecule has 0 spiro atoms. The van der Waals surface area contributed by atoms with Gasteiger partial charge in [-0.3, -0.25) is 9.78 Å². The molecule has 4 heteroatoms. The number of rotatable bonds is 3. The molecule has 0 aliphatic rings. The number of nitrogens with two attached hydrogens (primary N) is 2. The Kier molecular flexibility index (Phi) is 2.97. The standard InChI is InChI=1S/C9H13N3O/c1-6-5-12-3-2-7(6)8(10)4-9(11)13/h2-3,5,8H,4,10H2,1H3,(H2,11,13)/t8-/m1/s1. The zero-order valence-electron chi connectivity index (χ0n) is 7.53. The fourth-order valence-corrected chi connectivity index (χ4v) is 1.23. The van der Waals surface area contributed by atoms with Gasteiger partial charge in [-0.1, -0.05) is 0 Å². The van der Waals surface area contributed by atoms with Crippen LogP contribution >= 0.6 is 0 Å². The second-order valence-corrected chi connectivity index (χ2v) is 3.01. The van der Waals surface area contributed by atoms with Crippen LogP contribution in [0.1, 0.15) is 23.6 Å². The first-order valence-corrected chi connectivity index (χ1v) is 4.05. The maximum absolute atomic E-state index is 10.6. The SMILES string of the molecule is Cc1cnccc1[C@H](N)CC(N)=O. The Hall–Kier alpha value is -1.42. The van der Waals surface area contributed by atoms with Crippen LogP contribution in [0, 0.1) is 6.92 Å². The summed E-state index contributed by atoms with van der Waals surface area (Å²) in [4.78, 5) is 14.6. The molecule has 70 valence electrons. The molecule has 0 aliphatic carbocycles. The Labute approximate surface area is 77.0 Å². The average Bonchev–Trinajstić information content (AvgIpc) is 2.03. The van der Waals surface area contributed by atoms with Gasteiger partial charge in [0.15, 0.2) is 0 Å². The molecular formula is C9H13N3O. The molecule has 0 saturated heterocycles. The summed E-state index contributed by atoms with van der Waals surface area (Å²) < 4.78 is 0. The lowest BCUT2D eigenvalue weighted by Crippen LogP contribution is -2.21. The quantitative estimate of drug-likeness (QED) is 0.698. The van der Waals surface area contributed by atoms with E-state index < -0.39 is 0 Å². The number of primary amides is 1. The van der Waals surface area contributed by atoms with Crippen LogP contribution in [0.15, 0.2) is 18.5 Å². The number of amides is 1. The number of aromatic nitrogens is 1. The van der Waals surface area contributed by atoms with Crippen molar-refractivity contribution in [1.29, 1.82) is 0 Å². The number of pyridine rings is 1. The van der Waals surface area contributed by atoms with Gasteiger partial charge in [0.05, 0.1) is 0 Å². The predicted molar refractivity (Wildman–Crippen MR) is 49.7 cm³/mol. The molecule has 1 aromatic rings. The molecule has 0 bridgehead atoms. The minimum atomic E-state index is -0.385. The van der Waals surface area contributed by atoms with Crippen molar-refractivity contribution in [3.63, 3.8) is 0 Å². The Morgan fingerprint density at radius 3 is 2.92 bits per heavy atom. The predicted octanol–water partition coefficient (Wildman–Crippen LogP) is 0.265. The van der Waals surface area contributed by atoms with E-state index in [1.165, 1.54) is 0 Å². The highest BCUT2D eigenvalue weighted by atomic mass is 16.1. The van der Waals surface area contributed by atoms with E-state index in [-0.39, 0.29) is 18.4 Å². The van der Waals surface area contributed by atoms with E-state index in [1.807, 2.05) is 13.0 Å². The van der Waals surface area contributed by atoms with Crippen LogP contribution in [0.4, 0.5) is 0 Å². The van der Waals surface area contributed by atoms with E-state index in [0.717, 1.165) is 11.1 Å². The van der Waals surface area contributed by atoms with Crippen molar-refractivity contribution in [2.24, 2.45) is 11.5 Å². The monoisotopic (exact) mass is 179 g/mol. The van der Waals surface area contributed by atoms with Gasteiger partial charge in [0, 0.05) is 24.9 Å². The molecular weight excluding hydrogens is 166 g/mol. The van der Waals surface area contributed by atoms with Gasteiger partial charge in [-0.15, -0.1) is 0 Å². The molecule has 4 N–H and O–H groups in total. The van der Waals surface area contributed by atoms with E-state index in [4.69, 9.17) is 11.5 Å². The van der Waals surface area contributed by atoms with Gasteiger partial charge in [-0.05, 0) is 24.1 Å². The Bertz CT molecular complexity index is 311. The third-order valence-electron chi connectivity index (χ3n) is 1.88. The lowest BCUT2D eigenvalue weighted by Gasteiger charge is -2.11. The highest BCUT2D eigenvalue weighted by Crippen LogP contribution is 2.16. The van der Waals surface area contributed by atoms with E-state index in [9.17, 15) is 4.79 Å². The first kappa shape index (κ1) is 9.67. The second kappa shape index (κ2) is 4.00. The van der Waals surface area contributed by atoms with Crippen molar-refractivity contribution in [3.05, 3.63) is 29.6 Å². The molecule has 1 amide bonds. The summed E-state index contributed by atoms with van der Waals surface area (Å²) >= 11 is 0. The number of aryl methyl sites for hydroxylation is 1. The normalized spacial score (nSPS) is 12.5.